The Balaban J connectivity index is 4.55. The van der Waals surface area contributed by atoms with Crippen LogP contribution in [-0.2, 0) is 0 Å². The molecular formula is C19H42N2. The fraction of sp³-hybridized carbons (Fsp3) is 1.00. The monoisotopic (exact) mass is 298 g/mol. The van der Waals surface area contributed by atoms with E-state index in [4.69, 9.17) is 0 Å². The Kier molecular flexibility index (Phi) is 12.4. The summed E-state index contributed by atoms with van der Waals surface area (Å²) in [5.41, 5.74) is 0.410. The summed E-state index contributed by atoms with van der Waals surface area (Å²) in [6.45, 7) is 13.0. The molecule has 0 amide bonds. The summed E-state index contributed by atoms with van der Waals surface area (Å²) in [5.74, 6) is 0. The molecule has 0 aromatic heterocycles. The first-order chi connectivity index (χ1) is 10.00. The van der Waals surface area contributed by atoms with Gasteiger partial charge in [0.1, 0.15) is 0 Å². The Hall–Kier alpha value is -0.0800. The van der Waals surface area contributed by atoms with Crippen molar-refractivity contribution in [2.24, 2.45) is 0 Å². The van der Waals surface area contributed by atoms with E-state index >= 15 is 0 Å². The number of hydrogen-bond donors (Lipinski definition) is 0. The smallest absolute Gasteiger partial charge is 0.0181 e. The van der Waals surface area contributed by atoms with Gasteiger partial charge in [0.05, 0.1) is 0 Å². The number of rotatable bonds is 14. The van der Waals surface area contributed by atoms with Crippen molar-refractivity contribution < 1.29 is 0 Å². The van der Waals surface area contributed by atoms with E-state index < -0.39 is 0 Å². The molecule has 1 unspecified atom stereocenters. The van der Waals surface area contributed by atoms with E-state index in [9.17, 15) is 0 Å². The maximum absolute atomic E-state index is 2.74. The number of nitrogens with zero attached hydrogens (tertiary/aromatic N) is 2. The molecule has 0 aromatic rings. The second-order valence-electron chi connectivity index (χ2n) is 7.15. The molecule has 128 valence electrons. The lowest BCUT2D eigenvalue weighted by molar-refractivity contribution is 0.0784. The lowest BCUT2D eigenvalue weighted by atomic mass is 9.86. The van der Waals surface area contributed by atoms with Gasteiger partial charge in [0.2, 0.25) is 0 Å². The van der Waals surface area contributed by atoms with Crippen LogP contribution in [-0.4, -0.2) is 49.1 Å². The van der Waals surface area contributed by atoms with E-state index in [1.165, 1.54) is 77.4 Å². The van der Waals surface area contributed by atoms with Gasteiger partial charge < -0.3 is 4.90 Å². The lowest BCUT2D eigenvalue weighted by Gasteiger charge is -2.42. The van der Waals surface area contributed by atoms with E-state index in [0.717, 1.165) is 0 Å². The minimum absolute atomic E-state index is 0.410. The topological polar surface area (TPSA) is 6.48 Å². The summed E-state index contributed by atoms with van der Waals surface area (Å²) >= 11 is 0. The zero-order chi connectivity index (χ0) is 16.1. The van der Waals surface area contributed by atoms with Crippen LogP contribution in [0.25, 0.3) is 0 Å². The van der Waals surface area contributed by atoms with Crippen LogP contribution >= 0.6 is 0 Å². The highest BCUT2D eigenvalue weighted by Crippen LogP contribution is 2.29. The SMILES string of the molecule is CCCCCCC(C)(CCCCC)N(CC)CCN(C)C. The minimum Gasteiger partial charge on any atom is -0.308 e. The van der Waals surface area contributed by atoms with E-state index in [0.29, 0.717) is 5.54 Å². The maximum Gasteiger partial charge on any atom is 0.0181 e. The number of unbranched alkanes of at least 4 members (excludes halogenated alkanes) is 5. The van der Waals surface area contributed by atoms with Crippen molar-refractivity contribution in [1.82, 2.24) is 9.80 Å². The number of likely N-dealkylation sites (N-methyl/N-ethyl adjacent to an activating group) is 2. The molecule has 0 heterocycles. The highest BCUT2D eigenvalue weighted by atomic mass is 15.2. The molecule has 2 heteroatoms. The third kappa shape index (κ3) is 9.52. The van der Waals surface area contributed by atoms with Gasteiger partial charge in [0.25, 0.3) is 0 Å². The van der Waals surface area contributed by atoms with Gasteiger partial charge in [-0.1, -0.05) is 65.7 Å². The molecule has 0 saturated carbocycles. The third-order valence-electron chi connectivity index (χ3n) is 4.85. The van der Waals surface area contributed by atoms with Gasteiger partial charge in [0, 0.05) is 18.6 Å². The Morgan fingerprint density at radius 3 is 1.71 bits per heavy atom. The Bertz CT molecular complexity index is 228. The summed E-state index contributed by atoms with van der Waals surface area (Å²) in [4.78, 5) is 5.06. The first-order valence-electron chi connectivity index (χ1n) is 9.40. The van der Waals surface area contributed by atoms with Crippen molar-refractivity contribution in [3.8, 4) is 0 Å². The fourth-order valence-electron chi connectivity index (χ4n) is 3.26. The molecule has 0 saturated heterocycles. The summed E-state index contributed by atoms with van der Waals surface area (Å²) in [7, 11) is 4.37. The van der Waals surface area contributed by atoms with Crippen LogP contribution in [0.2, 0.25) is 0 Å². The first kappa shape index (κ1) is 20.9. The summed E-state index contributed by atoms with van der Waals surface area (Å²) in [6.07, 6.45) is 12.4. The highest BCUT2D eigenvalue weighted by molar-refractivity contribution is 4.86. The van der Waals surface area contributed by atoms with E-state index in [1.807, 2.05) is 0 Å². The van der Waals surface area contributed by atoms with Crippen LogP contribution in [0.4, 0.5) is 0 Å². The Morgan fingerprint density at radius 2 is 1.24 bits per heavy atom. The van der Waals surface area contributed by atoms with Crippen molar-refractivity contribution in [2.75, 3.05) is 33.7 Å². The van der Waals surface area contributed by atoms with E-state index in [-0.39, 0.29) is 0 Å². The standard InChI is InChI=1S/C19H42N2/c1-7-10-12-14-16-19(4,15-13-11-8-2)21(9-3)18-17-20(5)6/h7-18H2,1-6H3. The highest BCUT2D eigenvalue weighted by Gasteiger charge is 2.29. The van der Waals surface area contributed by atoms with Gasteiger partial charge in [-0.05, 0) is 40.4 Å². The predicted molar refractivity (Wildman–Crippen MR) is 97.1 cm³/mol. The average molecular weight is 299 g/mol. The summed E-state index contributed by atoms with van der Waals surface area (Å²) in [6, 6.07) is 0. The molecule has 0 aliphatic carbocycles. The van der Waals surface area contributed by atoms with Gasteiger partial charge in [-0.3, -0.25) is 4.90 Å². The Morgan fingerprint density at radius 1 is 0.714 bits per heavy atom. The average Bonchev–Trinajstić information content (AvgIpc) is 2.44. The Labute approximate surface area is 135 Å². The van der Waals surface area contributed by atoms with Crippen molar-refractivity contribution >= 4 is 0 Å². The molecule has 0 bridgehead atoms. The maximum atomic E-state index is 2.74. The number of hydrogen-bond acceptors (Lipinski definition) is 2. The van der Waals surface area contributed by atoms with Crippen molar-refractivity contribution in [1.29, 1.82) is 0 Å². The molecule has 21 heavy (non-hydrogen) atoms. The molecule has 0 radical (unpaired) electrons. The largest absolute Gasteiger partial charge is 0.308 e. The van der Waals surface area contributed by atoms with Crippen LogP contribution in [0.15, 0.2) is 0 Å². The van der Waals surface area contributed by atoms with Crippen LogP contribution < -0.4 is 0 Å². The summed E-state index contributed by atoms with van der Waals surface area (Å²) in [5, 5.41) is 0. The fourth-order valence-corrected chi connectivity index (χ4v) is 3.26. The van der Waals surface area contributed by atoms with E-state index in [1.54, 1.807) is 0 Å². The van der Waals surface area contributed by atoms with Crippen molar-refractivity contribution in [2.45, 2.75) is 91.0 Å². The zero-order valence-corrected chi connectivity index (χ0v) is 15.9. The second-order valence-corrected chi connectivity index (χ2v) is 7.15. The molecule has 0 fully saturated rings. The summed E-state index contributed by atoms with van der Waals surface area (Å²) < 4.78 is 0. The van der Waals surface area contributed by atoms with Crippen molar-refractivity contribution in [3.63, 3.8) is 0 Å². The molecule has 2 nitrogen and oxygen atoms in total. The van der Waals surface area contributed by atoms with Crippen LogP contribution in [0.3, 0.4) is 0 Å². The second kappa shape index (κ2) is 12.5. The van der Waals surface area contributed by atoms with Crippen LogP contribution in [0, 0.1) is 0 Å². The third-order valence-corrected chi connectivity index (χ3v) is 4.85. The zero-order valence-electron chi connectivity index (χ0n) is 15.9. The molecule has 0 aliphatic heterocycles. The molecule has 0 aromatic carbocycles. The molecule has 0 rings (SSSR count). The quantitative estimate of drug-likeness (QED) is 0.408. The normalized spacial score (nSPS) is 14.9. The van der Waals surface area contributed by atoms with Gasteiger partial charge >= 0.3 is 0 Å². The molecule has 0 N–H and O–H groups in total. The molecule has 0 aliphatic rings. The van der Waals surface area contributed by atoms with E-state index in [2.05, 4.69) is 51.6 Å². The van der Waals surface area contributed by atoms with Crippen molar-refractivity contribution in [3.05, 3.63) is 0 Å². The predicted octanol–water partition coefficient (Wildman–Crippen LogP) is 5.18. The van der Waals surface area contributed by atoms with Gasteiger partial charge in [-0.2, -0.15) is 0 Å². The first-order valence-corrected chi connectivity index (χ1v) is 9.40. The van der Waals surface area contributed by atoms with Crippen LogP contribution in [0.5, 0.6) is 0 Å². The van der Waals surface area contributed by atoms with Gasteiger partial charge in [-0.15, -0.1) is 0 Å². The minimum atomic E-state index is 0.410. The lowest BCUT2D eigenvalue weighted by Crippen LogP contribution is -2.48. The molecular weight excluding hydrogens is 256 g/mol. The van der Waals surface area contributed by atoms with Gasteiger partial charge in [0.15, 0.2) is 0 Å². The van der Waals surface area contributed by atoms with Gasteiger partial charge in [-0.25, -0.2) is 0 Å². The van der Waals surface area contributed by atoms with Crippen LogP contribution in [0.1, 0.15) is 85.5 Å². The molecule has 1 atom stereocenters. The molecule has 0 spiro atoms.